The summed E-state index contributed by atoms with van der Waals surface area (Å²) in [6, 6.07) is 9.53. The molecule has 0 saturated carbocycles. The fraction of sp³-hybridized carbons (Fsp3) is 0.406. The Morgan fingerprint density at radius 3 is 2.46 bits per heavy atom. The number of H-pyrrole nitrogens is 1. The molecule has 3 amide bonds. The lowest BCUT2D eigenvalue weighted by Crippen LogP contribution is -2.56. The highest BCUT2D eigenvalue weighted by Gasteiger charge is 2.45. The molecule has 0 aliphatic carbocycles. The highest BCUT2D eigenvalue weighted by molar-refractivity contribution is 6.30. The van der Waals surface area contributed by atoms with Gasteiger partial charge < -0.3 is 19.9 Å². The number of carbonyl (C=O) groups is 3. The molecule has 4 atom stereocenters. The number of nitrogens with zero attached hydrogens (tertiary/aromatic N) is 3. The van der Waals surface area contributed by atoms with Crippen molar-refractivity contribution in [3.05, 3.63) is 86.3 Å². The van der Waals surface area contributed by atoms with E-state index in [-0.39, 0.29) is 11.3 Å². The zero-order valence-corrected chi connectivity index (χ0v) is 26.7. The summed E-state index contributed by atoms with van der Waals surface area (Å²) in [5.74, 6) is -1.49. The highest BCUT2D eigenvalue weighted by Crippen LogP contribution is 2.40. The first kappa shape index (κ1) is 34.5. The third-order valence-electron chi connectivity index (χ3n) is 7.99. The summed E-state index contributed by atoms with van der Waals surface area (Å²) in [5.41, 5.74) is 1.48. The van der Waals surface area contributed by atoms with E-state index < -0.39 is 60.2 Å². The Balaban J connectivity index is 1.57. The number of rotatable bonds is 9. The van der Waals surface area contributed by atoms with Crippen molar-refractivity contribution in [2.24, 2.45) is 0 Å². The number of hydrogen-bond donors (Lipinski definition) is 2. The summed E-state index contributed by atoms with van der Waals surface area (Å²) in [7, 11) is 0. The number of aryl methyl sites for hydroxylation is 2. The van der Waals surface area contributed by atoms with E-state index in [1.54, 1.807) is 44.2 Å². The Hall–Kier alpha value is -4.39. The van der Waals surface area contributed by atoms with Gasteiger partial charge in [-0.3, -0.25) is 19.2 Å². The van der Waals surface area contributed by atoms with Crippen molar-refractivity contribution in [3.63, 3.8) is 0 Å². The molecule has 10 nitrogen and oxygen atoms in total. The monoisotopic (exact) mass is 661 g/mol. The minimum absolute atomic E-state index is 0.0363. The molecule has 1 aliphatic rings. The van der Waals surface area contributed by atoms with Crippen LogP contribution in [0.3, 0.4) is 0 Å². The number of amides is 3. The van der Waals surface area contributed by atoms with Gasteiger partial charge in [0.15, 0.2) is 5.75 Å². The van der Waals surface area contributed by atoms with Crippen molar-refractivity contribution < 1.29 is 32.3 Å². The molecule has 0 radical (unpaired) electrons. The Morgan fingerprint density at radius 2 is 1.83 bits per heavy atom. The molecule has 0 bridgehead atoms. The number of halogens is 4. The predicted octanol–water partition coefficient (Wildman–Crippen LogP) is 5.48. The van der Waals surface area contributed by atoms with E-state index in [0.29, 0.717) is 40.4 Å². The Labute approximate surface area is 268 Å². The largest absolute Gasteiger partial charge is 0.451 e. The van der Waals surface area contributed by atoms with Crippen LogP contribution >= 0.6 is 11.6 Å². The van der Waals surface area contributed by atoms with Gasteiger partial charge in [-0.25, -0.2) is 5.10 Å². The zero-order valence-electron chi connectivity index (χ0n) is 25.9. The van der Waals surface area contributed by atoms with Crippen LogP contribution in [0.5, 0.6) is 11.5 Å². The number of likely N-dealkylation sites (tertiary alicyclic amines) is 1. The standard InChI is InChI=1S/C32H35ClF3N5O5/c1-17-13-23(9-12-27(17)46-28-14-18(2)38-39-30(28)44)29(43)37-19(3)31(45)41-25(20(4)40(21(5)42)16-32(34,35)36)10-11-26(41)22-7-6-8-24(33)15-22/h6-9,12-15,19-20,25-26H,10-11,16H2,1-5H3,(H,37,43)(H,39,44)/t19?,20?,25-,26+/m1/s1. The second-order valence-corrected chi connectivity index (χ2v) is 11.9. The smallest absolute Gasteiger partial charge is 0.406 e. The average molecular weight is 662 g/mol. The van der Waals surface area contributed by atoms with Crippen molar-refractivity contribution in [2.75, 3.05) is 6.54 Å². The van der Waals surface area contributed by atoms with Crippen LogP contribution in [-0.4, -0.2) is 68.6 Å². The van der Waals surface area contributed by atoms with Crippen molar-refractivity contribution in [2.45, 2.75) is 77.8 Å². The predicted molar refractivity (Wildman–Crippen MR) is 165 cm³/mol. The lowest BCUT2D eigenvalue weighted by atomic mass is 10.0. The molecule has 1 aromatic heterocycles. The van der Waals surface area contributed by atoms with E-state index >= 15 is 0 Å². The van der Waals surface area contributed by atoms with Crippen LogP contribution in [0.2, 0.25) is 5.02 Å². The van der Waals surface area contributed by atoms with Crippen LogP contribution < -0.4 is 15.6 Å². The Bertz CT molecular complexity index is 1680. The summed E-state index contributed by atoms with van der Waals surface area (Å²) in [4.78, 5) is 53.9. The second kappa shape index (κ2) is 13.9. The number of hydrogen-bond acceptors (Lipinski definition) is 6. The lowest BCUT2D eigenvalue weighted by Gasteiger charge is -2.40. The van der Waals surface area contributed by atoms with Crippen LogP contribution in [0.4, 0.5) is 13.2 Å². The third-order valence-corrected chi connectivity index (χ3v) is 8.23. The van der Waals surface area contributed by atoms with Gasteiger partial charge in [0.1, 0.15) is 18.3 Å². The van der Waals surface area contributed by atoms with Crippen LogP contribution in [-0.2, 0) is 9.59 Å². The first-order chi connectivity index (χ1) is 21.6. The molecule has 4 rings (SSSR count). The average Bonchev–Trinajstić information content (AvgIpc) is 3.42. The van der Waals surface area contributed by atoms with Gasteiger partial charge >= 0.3 is 11.7 Å². The first-order valence-electron chi connectivity index (χ1n) is 14.6. The SMILES string of the molecule is CC(=O)N(CC(F)(F)F)C(C)[C@H]1CC[C@@H](c2cccc(Cl)c2)N1C(=O)C(C)NC(=O)c1ccc(Oc2cc(C)n[nH]c2=O)c(C)c1. The fourth-order valence-electron chi connectivity index (χ4n) is 5.76. The van der Waals surface area contributed by atoms with Gasteiger partial charge in [0, 0.05) is 29.6 Å². The van der Waals surface area contributed by atoms with Gasteiger partial charge in [-0.15, -0.1) is 0 Å². The van der Waals surface area contributed by atoms with Crippen molar-refractivity contribution >= 4 is 29.3 Å². The summed E-state index contributed by atoms with van der Waals surface area (Å²) in [5, 5.41) is 9.27. The molecule has 46 heavy (non-hydrogen) atoms. The summed E-state index contributed by atoms with van der Waals surface area (Å²) in [6.45, 7) is 5.98. The first-order valence-corrected chi connectivity index (χ1v) is 15.0. The normalized spacial score (nSPS) is 17.7. The third kappa shape index (κ3) is 8.06. The molecule has 2 unspecified atom stereocenters. The molecule has 246 valence electrons. The summed E-state index contributed by atoms with van der Waals surface area (Å²) >= 11 is 6.23. The molecular formula is C32H35ClF3N5O5. The highest BCUT2D eigenvalue weighted by atomic mass is 35.5. The Kier molecular flexibility index (Phi) is 10.4. The van der Waals surface area contributed by atoms with Crippen LogP contribution in [0.1, 0.15) is 66.8 Å². The van der Waals surface area contributed by atoms with E-state index in [2.05, 4.69) is 15.5 Å². The number of nitrogens with one attached hydrogen (secondary N) is 2. The molecule has 14 heteroatoms. The van der Waals surface area contributed by atoms with Crippen molar-refractivity contribution in [1.82, 2.24) is 25.3 Å². The van der Waals surface area contributed by atoms with E-state index in [1.165, 1.54) is 36.9 Å². The van der Waals surface area contributed by atoms with Gasteiger partial charge in [0.2, 0.25) is 11.8 Å². The van der Waals surface area contributed by atoms with Crippen molar-refractivity contribution in [1.29, 1.82) is 0 Å². The number of benzene rings is 2. The molecule has 0 spiro atoms. The topological polar surface area (TPSA) is 125 Å². The fourth-order valence-corrected chi connectivity index (χ4v) is 5.96. The van der Waals surface area contributed by atoms with Gasteiger partial charge in [-0.05, 0) is 82.0 Å². The van der Waals surface area contributed by atoms with Gasteiger partial charge in [0.05, 0.1) is 17.8 Å². The lowest BCUT2D eigenvalue weighted by molar-refractivity contribution is -0.167. The number of ether oxygens (including phenoxy) is 1. The summed E-state index contributed by atoms with van der Waals surface area (Å²) in [6.07, 6.45) is -3.89. The van der Waals surface area contributed by atoms with Crippen LogP contribution in [0, 0.1) is 13.8 Å². The molecule has 1 aliphatic heterocycles. The van der Waals surface area contributed by atoms with Crippen LogP contribution in [0.15, 0.2) is 53.3 Å². The zero-order chi connectivity index (χ0) is 33.9. The quantitative estimate of drug-likeness (QED) is 0.313. The number of aromatic nitrogens is 2. The second-order valence-electron chi connectivity index (χ2n) is 11.4. The van der Waals surface area contributed by atoms with E-state index in [4.69, 9.17) is 16.3 Å². The van der Waals surface area contributed by atoms with Crippen molar-refractivity contribution in [3.8, 4) is 11.5 Å². The molecule has 3 aromatic rings. The minimum Gasteiger partial charge on any atom is -0.451 e. The van der Waals surface area contributed by atoms with Gasteiger partial charge in [0.25, 0.3) is 5.91 Å². The number of aromatic amines is 1. The van der Waals surface area contributed by atoms with Gasteiger partial charge in [-0.2, -0.15) is 18.3 Å². The molecule has 2 aromatic carbocycles. The van der Waals surface area contributed by atoms with E-state index in [0.717, 1.165) is 11.8 Å². The maximum Gasteiger partial charge on any atom is 0.406 e. The number of carbonyl (C=O) groups excluding carboxylic acids is 3. The molecule has 1 fully saturated rings. The van der Waals surface area contributed by atoms with E-state index in [1.807, 2.05) is 0 Å². The van der Waals surface area contributed by atoms with Crippen LogP contribution in [0.25, 0.3) is 0 Å². The van der Waals surface area contributed by atoms with Gasteiger partial charge in [-0.1, -0.05) is 23.7 Å². The maximum atomic E-state index is 14.1. The summed E-state index contributed by atoms with van der Waals surface area (Å²) < 4.78 is 46.0. The minimum atomic E-state index is -4.63. The Morgan fingerprint density at radius 1 is 1.11 bits per heavy atom. The number of alkyl halides is 3. The molecule has 2 heterocycles. The molecular weight excluding hydrogens is 627 g/mol. The molecule has 2 N–H and O–H groups in total. The molecule has 1 saturated heterocycles. The maximum absolute atomic E-state index is 14.1. The van der Waals surface area contributed by atoms with E-state index in [9.17, 15) is 32.3 Å².